The topological polar surface area (TPSA) is 76.3 Å². The van der Waals surface area contributed by atoms with Gasteiger partial charge in [-0.05, 0) is 42.8 Å². The Hall–Kier alpha value is -3.06. The number of nitro groups is 1. The van der Waals surface area contributed by atoms with Crippen LogP contribution in [-0.4, -0.2) is 20.7 Å². The first kappa shape index (κ1) is 19.7. The summed E-state index contributed by atoms with van der Waals surface area (Å²) in [4.78, 5) is 29.9. The molecule has 0 aliphatic heterocycles. The molecule has 6 nitrogen and oxygen atoms in total. The van der Waals surface area contributed by atoms with E-state index in [-0.39, 0.29) is 17.2 Å². The molecule has 1 heterocycles. The summed E-state index contributed by atoms with van der Waals surface area (Å²) in [5, 5.41) is 11.2. The van der Waals surface area contributed by atoms with Crippen LogP contribution in [0.4, 0.5) is 5.69 Å². The molecule has 0 fully saturated rings. The van der Waals surface area contributed by atoms with Crippen molar-refractivity contribution in [3.05, 3.63) is 104 Å². The van der Waals surface area contributed by atoms with Crippen molar-refractivity contribution in [3.8, 4) is 0 Å². The van der Waals surface area contributed by atoms with E-state index in [1.807, 2.05) is 42.5 Å². The van der Waals surface area contributed by atoms with Gasteiger partial charge in [0.1, 0.15) is 0 Å². The lowest BCUT2D eigenvalue weighted by molar-refractivity contribution is -0.385. The summed E-state index contributed by atoms with van der Waals surface area (Å²) in [6.45, 7) is 2.32. The molecule has 0 aliphatic carbocycles. The summed E-state index contributed by atoms with van der Waals surface area (Å²) in [7, 11) is 0. The Balaban J connectivity index is 1.93. The van der Waals surface area contributed by atoms with E-state index in [1.54, 1.807) is 30.2 Å². The Bertz CT molecular complexity index is 992. The molecule has 0 N–H and O–H groups in total. The summed E-state index contributed by atoms with van der Waals surface area (Å²) < 4.78 is 0.952. The summed E-state index contributed by atoms with van der Waals surface area (Å²) in [6, 6.07) is 17.8. The maximum Gasteiger partial charge on any atom is 0.273 e. The van der Waals surface area contributed by atoms with Gasteiger partial charge in [0.25, 0.3) is 11.6 Å². The number of pyridine rings is 1. The van der Waals surface area contributed by atoms with E-state index in [0.717, 1.165) is 15.7 Å². The first-order valence-corrected chi connectivity index (χ1v) is 9.42. The molecule has 28 heavy (non-hydrogen) atoms. The maximum atomic E-state index is 13.2. The molecule has 2 aromatic carbocycles. The van der Waals surface area contributed by atoms with Crippen molar-refractivity contribution in [2.75, 3.05) is 0 Å². The van der Waals surface area contributed by atoms with E-state index in [2.05, 4.69) is 20.9 Å². The van der Waals surface area contributed by atoms with Crippen molar-refractivity contribution in [2.24, 2.45) is 0 Å². The van der Waals surface area contributed by atoms with Crippen molar-refractivity contribution in [3.63, 3.8) is 0 Å². The second-order valence-corrected chi connectivity index (χ2v) is 7.28. The molecule has 0 radical (unpaired) electrons. The van der Waals surface area contributed by atoms with Crippen LogP contribution < -0.4 is 0 Å². The van der Waals surface area contributed by atoms with Crippen LogP contribution >= 0.6 is 15.9 Å². The summed E-state index contributed by atoms with van der Waals surface area (Å²) in [5.74, 6) is -0.281. The van der Waals surface area contributed by atoms with Crippen LogP contribution in [0.2, 0.25) is 0 Å². The van der Waals surface area contributed by atoms with E-state index in [1.165, 1.54) is 6.07 Å². The zero-order chi connectivity index (χ0) is 20.1. The zero-order valence-corrected chi connectivity index (χ0v) is 16.8. The standard InChI is InChI=1S/C21H18BrN3O3/c1-15-5-8-17(12-20(15)25(27)28)21(26)24(14-19-4-2-3-11-23-19)13-16-6-9-18(22)10-7-16/h2-12H,13-14H2,1H3. The number of benzene rings is 2. The third kappa shape index (κ3) is 4.80. The van der Waals surface area contributed by atoms with Crippen LogP contribution in [0, 0.1) is 17.0 Å². The number of rotatable bonds is 6. The van der Waals surface area contributed by atoms with E-state index in [9.17, 15) is 14.9 Å². The summed E-state index contributed by atoms with van der Waals surface area (Å²) in [6.07, 6.45) is 1.67. The van der Waals surface area contributed by atoms with Crippen LogP contribution in [0.3, 0.4) is 0 Å². The molecule has 0 atom stereocenters. The third-order valence-corrected chi connectivity index (χ3v) is 4.83. The highest BCUT2D eigenvalue weighted by Crippen LogP contribution is 2.22. The highest BCUT2D eigenvalue weighted by atomic mass is 79.9. The first-order chi connectivity index (χ1) is 13.4. The molecule has 0 saturated carbocycles. The van der Waals surface area contributed by atoms with Gasteiger partial charge >= 0.3 is 0 Å². The number of carbonyl (C=O) groups is 1. The molecule has 142 valence electrons. The lowest BCUT2D eigenvalue weighted by Crippen LogP contribution is -2.30. The predicted molar refractivity (Wildman–Crippen MR) is 110 cm³/mol. The Morgan fingerprint density at radius 1 is 1.11 bits per heavy atom. The molecule has 3 rings (SSSR count). The maximum absolute atomic E-state index is 13.2. The van der Waals surface area contributed by atoms with Crippen molar-refractivity contribution < 1.29 is 9.72 Å². The van der Waals surface area contributed by atoms with Gasteiger partial charge in [-0.1, -0.05) is 40.2 Å². The number of halogens is 1. The van der Waals surface area contributed by atoms with E-state index >= 15 is 0 Å². The fourth-order valence-electron chi connectivity index (χ4n) is 2.82. The number of hydrogen-bond donors (Lipinski definition) is 0. The van der Waals surface area contributed by atoms with Crippen LogP contribution in [0.25, 0.3) is 0 Å². The van der Waals surface area contributed by atoms with Crippen LogP contribution in [0.1, 0.15) is 27.2 Å². The van der Waals surface area contributed by atoms with E-state index in [0.29, 0.717) is 18.7 Å². The van der Waals surface area contributed by atoms with Gasteiger partial charge in [-0.15, -0.1) is 0 Å². The number of nitrogens with zero attached hydrogens (tertiary/aromatic N) is 3. The van der Waals surface area contributed by atoms with Gasteiger partial charge in [-0.25, -0.2) is 0 Å². The highest BCUT2D eigenvalue weighted by Gasteiger charge is 2.21. The quantitative estimate of drug-likeness (QED) is 0.404. The van der Waals surface area contributed by atoms with Gasteiger partial charge in [0.2, 0.25) is 0 Å². The van der Waals surface area contributed by atoms with Gasteiger partial charge in [0.05, 0.1) is 17.2 Å². The van der Waals surface area contributed by atoms with Gasteiger partial charge in [-0.2, -0.15) is 0 Å². The van der Waals surface area contributed by atoms with Crippen molar-refractivity contribution in [1.29, 1.82) is 0 Å². The molecular weight excluding hydrogens is 422 g/mol. The molecule has 0 saturated heterocycles. The number of aromatic nitrogens is 1. The highest BCUT2D eigenvalue weighted by molar-refractivity contribution is 9.10. The largest absolute Gasteiger partial charge is 0.328 e. The molecule has 0 aliphatic rings. The SMILES string of the molecule is Cc1ccc(C(=O)N(Cc2ccc(Br)cc2)Cc2ccccn2)cc1[N+](=O)[O-]. The number of carbonyl (C=O) groups excluding carboxylic acids is 1. The molecule has 0 unspecified atom stereocenters. The second kappa shape index (κ2) is 8.75. The predicted octanol–water partition coefficient (Wildman–Crippen LogP) is 4.90. The Labute approximate surface area is 171 Å². The molecule has 0 spiro atoms. The van der Waals surface area contributed by atoms with Gasteiger partial charge in [0, 0.05) is 34.4 Å². The fraction of sp³-hybridized carbons (Fsp3) is 0.143. The van der Waals surface area contributed by atoms with Crippen molar-refractivity contribution in [2.45, 2.75) is 20.0 Å². The Morgan fingerprint density at radius 3 is 2.50 bits per heavy atom. The monoisotopic (exact) mass is 439 g/mol. The van der Waals surface area contributed by atoms with E-state index < -0.39 is 4.92 Å². The average Bonchev–Trinajstić information content (AvgIpc) is 2.69. The van der Waals surface area contributed by atoms with Gasteiger partial charge in [0.15, 0.2) is 0 Å². The molecule has 1 amide bonds. The number of amides is 1. The van der Waals surface area contributed by atoms with Gasteiger partial charge < -0.3 is 4.90 Å². The van der Waals surface area contributed by atoms with Crippen LogP contribution in [0.5, 0.6) is 0 Å². The number of nitro benzene ring substituents is 1. The summed E-state index contributed by atoms with van der Waals surface area (Å²) in [5.41, 5.74) is 2.44. The minimum atomic E-state index is -0.468. The van der Waals surface area contributed by atoms with Crippen molar-refractivity contribution >= 4 is 27.5 Å². The Morgan fingerprint density at radius 2 is 1.86 bits per heavy atom. The minimum Gasteiger partial charge on any atom is -0.328 e. The second-order valence-electron chi connectivity index (χ2n) is 6.37. The number of aryl methyl sites for hydroxylation is 1. The number of hydrogen-bond acceptors (Lipinski definition) is 4. The molecule has 7 heteroatoms. The lowest BCUT2D eigenvalue weighted by Gasteiger charge is -2.23. The van der Waals surface area contributed by atoms with Crippen molar-refractivity contribution in [1.82, 2.24) is 9.88 Å². The van der Waals surface area contributed by atoms with Crippen LogP contribution in [-0.2, 0) is 13.1 Å². The lowest BCUT2D eigenvalue weighted by atomic mass is 10.1. The molecule has 1 aromatic heterocycles. The third-order valence-electron chi connectivity index (χ3n) is 4.31. The minimum absolute atomic E-state index is 0.0627. The zero-order valence-electron chi connectivity index (χ0n) is 15.2. The first-order valence-electron chi connectivity index (χ1n) is 8.62. The molecule has 3 aromatic rings. The van der Waals surface area contributed by atoms with E-state index in [4.69, 9.17) is 0 Å². The molecule has 0 bridgehead atoms. The smallest absolute Gasteiger partial charge is 0.273 e. The normalized spacial score (nSPS) is 10.5. The fourth-order valence-corrected chi connectivity index (χ4v) is 3.08. The summed E-state index contributed by atoms with van der Waals surface area (Å²) >= 11 is 3.40. The van der Waals surface area contributed by atoms with Gasteiger partial charge in [-0.3, -0.25) is 19.9 Å². The molecular formula is C21H18BrN3O3. The van der Waals surface area contributed by atoms with Crippen LogP contribution in [0.15, 0.2) is 71.3 Å². The average molecular weight is 440 g/mol. The Kier molecular flexibility index (Phi) is 6.16.